The zero-order valence-electron chi connectivity index (χ0n) is 15.6. The van der Waals surface area contributed by atoms with Crippen LogP contribution in [0.2, 0.25) is 0 Å². The van der Waals surface area contributed by atoms with Gasteiger partial charge in [0.15, 0.2) is 0 Å². The Labute approximate surface area is 156 Å². The number of amides is 1. The smallest absolute Gasteiger partial charge is 0.234 e. The molecule has 3 rings (SSSR count). The Morgan fingerprint density at radius 3 is 2.15 bits per heavy atom. The van der Waals surface area contributed by atoms with Crippen LogP contribution in [0.3, 0.4) is 0 Å². The lowest BCUT2D eigenvalue weighted by Crippen LogP contribution is -2.50. The standard InChI is InChI=1S/C22H29N3O/c1-19(21-10-6-3-7-11-21)23-22(26)18-25-16-14-24(15-17-25)13-12-20-8-4-2-5-9-20/h2-11,19H,12-18H2,1H3,(H,23,26). The Bertz CT molecular complexity index is 666. The van der Waals surface area contributed by atoms with E-state index in [1.54, 1.807) is 0 Å². The summed E-state index contributed by atoms with van der Waals surface area (Å²) in [4.78, 5) is 17.1. The van der Waals surface area contributed by atoms with E-state index in [1.165, 1.54) is 5.56 Å². The van der Waals surface area contributed by atoms with Gasteiger partial charge >= 0.3 is 0 Å². The molecule has 1 saturated heterocycles. The van der Waals surface area contributed by atoms with E-state index < -0.39 is 0 Å². The van der Waals surface area contributed by atoms with Crippen LogP contribution in [-0.4, -0.2) is 55.0 Å². The van der Waals surface area contributed by atoms with Crippen LogP contribution in [0.4, 0.5) is 0 Å². The summed E-state index contributed by atoms with van der Waals surface area (Å²) < 4.78 is 0. The SMILES string of the molecule is CC(NC(=O)CN1CCN(CCc2ccccc2)CC1)c1ccccc1. The largest absolute Gasteiger partial charge is 0.348 e. The van der Waals surface area contributed by atoms with E-state index in [9.17, 15) is 4.79 Å². The average Bonchev–Trinajstić information content (AvgIpc) is 2.69. The lowest BCUT2D eigenvalue weighted by molar-refractivity contribution is -0.123. The van der Waals surface area contributed by atoms with Crippen molar-refractivity contribution in [2.24, 2.45) is 0 Å². The Morgan fingerprint density at radius 1 is 0.923 bits per heavy atom. The Balaban J connectivity index is 1.36. The van der Waals surface area contributed by atoms with Crippen LogP contribution < -0.4 is 5.32 Å². The van der Waals surface area contributed by atoms with E-state index in [2.05, 4.69) is 57.6 Å². The summed E-state index contributed by atoms with van der Waals surface area (Å²) in [5.74, 6) is 0.110. The minimum absolute atomic E-state index is 0.0517. The molecular weight excluding hydrogens is 322 g/mol. The monoisotopic (exact) mass is 351 g/mol. The van der Waals surface area contributed by atoms with Gasteiger partial charge in [0.05, 0.1) is 12.6 Å². The quantitative estimate of drug-likeness (QED) is 0.833. The maximum atomic E-state index is 12.3. The summed E-state index contributed by atoms with van der Waals surface area (Å²) in [6, 6.07) is 20.8. The van der Waals surface area contributed by atoms with E-state index in [1.807, 2.05) is 25.1 Å². The van der Waals surface area contributed by atoms with Gasteiger partial charge in [-0.15, -0.1) is 0 Å². The molecule has 0 aliphatic carbocycles. The number of hydrogen-bond donors (Lipinski definition) is 1. The Morgan fingerprint density at radius 2 is 1.50 bits per heavy atom. The van der Waals surface area contributed by atoms with Gasteiger partial charge in [-0.2, -0.15) is 0 Å². The van der Waals surface area contributed by atoms with Gasteiger partial charge in [-0.05, 0) is 24.5 Å². The van der Waals surface area contributed by atoms with Gasteiger partial charge in [0.25, 0.3) is 0 Å². The average molecular weight is 351 g/mol. The molecule has 0 radical (unpaired) electrons. The lowest BCUT2D eigenvalue weighted by atomic mass is 10.1. The van der Waals surface area contributed by atoms with Crippen LogP contribution >= 0.6 is 0 Å². The number of carbonyl (C=O) groups excluding carboxylic acids is 1. The molecule has 1 unspecified atom stereocenters. The molecule has 2 aromatic carbocycles. The molecule has 138 valence electrons. The van der Waals surface area contributed by atoms with Crippen LogP contribution in [-0.2, 0) is 11.2 Å². The molecule has 1 fully saturated rings. The first-order valence-electron chi connectivity index (χ1n) is 9.53. The molecule has 1 atom stereocenters. The van der Waals surface area contributed by atoms with E-state index in [0.717, 1.165) is 44.7 Å². The van der Waals surface area contributed by atoms with Crippen molar-refractivity contribution in [3.8, 4) is 0 Å². The number of benzene rings is 2. The van der Waals surface area contributed by atoms with Gasteiger partial charge in [0, 0.05) is 32.7 Å². The van der Waals surface area contributed by atoms with Crippen molar-refractivity contribution < 1.29 is 4.79 Å². The van der Waals surface area contributed by atoms with Gasteiger partial charge in [-0.25, -0.2) is 0 Å². The second-order valence-electron chi connectivity index (χ2n) is 7.05. The van der Waals surface area contributed by atoms with E-state index in [-0.39, 0.29) is 11.9 Å². The predicted octanol–water partition coefficient (Wildman–Crippen LogP) is 2.72. The molecule has 1 aliphatic rings. The summed E-state index contributed by atoms with van der Waals surface area (Å²) in [5, 5.41) is 3.11. The summed E-state index contributed by atoms with van der Waals surface area (Å²) in [6.07, 6.45) is 1.09. The minimum atomic E-state index is 0.0517. The van der Waals surface area contributed by atoms with Crippen LogP contribution in [0.15, 0.2) is 60.7 Å². The fourth-order valence-corrected chi connectivity index (χ4v) is 3.42. The molecule has 1 amide bonds. The first-order chi connectivity index (χ1) is 12.7. The Kier molecular flexibility index (Phi) is 6.81. The van der Waals surface area contributed by atoms with Gasteiger partial charge in [0.2, 0.25) is 5.91 Å². The second kappa shape index (κ2) is 9.51. The van der Waals surface area contributed by atoms with Gasteiger partial charge < -0.3 is 10.2 Å². The van der Waals surface area contributed by atoms with Crippen molar-refractivity contribution in [1.82, 2.24) is 15.1 Å². The highest BCUT2D eigenvalue weighted by molar-refractivity contribution is 5.78. The predicted molar refractivity (Wildman–Crippen MR) is 106 cm³/mol. The third-order valence-corrected chi connectivity index (χ3v) is 5.07. The lowest BCUT2D eigenvalue weighted by Gasteiger charge is -2.34. The molecule has 2 aromatic rings. The molecule has 4 nitrogen and oxygen atoms in total. The van der Waals surface area contributed by atoms with Crippen molar-refractivity contribution in [2.45, 2.75) is 19.4 Å². The topological polar surface area (TPSA) is 35.6 Å². The first-order valence-corrected chi connectivity index (χ1v) is 9.53. The van der Waals surface area contributed by atoms with Crippen molar-refractivity contribution >= 4 is 5.91 Å². The normalized spacial score (nSPS) is 17.0. The fourth-order valence-electron chi connectivity index (χ4n) is 3.42. The molecule has 0 bridgehead atoms. The van der Waals surface area contributed by atoms with E-state index >= 15 is 0 Å². The van der Waals surface area contributed by atoms with Crippen LogP contribution in [0, 0.1) is 0 Å². The first kappa shape index (κ1) is 18.6. The molecule has 0 aromatic heterocycles. The fraction of sp³-hybridized carbons (Fsp3) is 0.409. The van der Waals surface area contributed by atoms with Gasteiger partial charge in [0.1, 0.15) is 0 Å². The second-order valence-corrected chi connectivity index (χ2v) is 7.05. The van der Waals surface area contributed by atoms with Crippen LogP contribution in [0.1, 0.15) is 24.1 Å². The number of piperazine rings is 1. The zero-order chi connectivity index (χ0) is 18.2. The van der Waals surface area contributed by atoms with Crippen LogP contribution in [0.25, 0.3) is 0 Å². The molecule has 1 N–H and O–H groups in total. The molecule has 1 aliphatic heterocycles. The molecule has 0 spiro atoms. The van der Waals surface area contributed by atoms with Crippen molar-refractivity contribution in [2.75, 3.05) is 39.3 Å². The van der Waals surface area contributed by atoms with Gasteiger partial charge in [-0.1, -0.05) is 60.7 Å². The third-order valence-electron chi connectivity index (χ3n) is 5.07. The molecule has 0 saturated carbocycles. The van der Waals surface area contributed by atoms with E-state index in [0.29, 0.717) is 6.54 Å². The summed E-state index contributed by atoms with van der Waals surface area (Å²) in [7, 11) is 0. The molecular formula is C22H29N3O. The van der Waals surface area contributed by atoms with Crippen molar-refractivity contribution in [1.29, 1.82) is 0 Å². The number of rotatable bonds is 7. The highest BCUT2D eigenvalue weighted by Crippen LogP contribution is 2.11. The van der Waals surface area contributed by atoms with Crippen LogP contribution in [0.5, 0.6) is 0 Å². The summed E-state index contributed by atoms with van der Waals surface area (Å²) in [6.45, 7) is 7.61. The minimum Gasteiger partial charge on any atom is -0.348 e. The van der Waals surface area contributed by atoms with Gasteiger partial charge in [-0.3, -0.25) is 9.69 Å². The molecule has 4 heteroatoms. The van der Waals surface area contributed by atoms with Crippen molar-refractivity contribution in [3.63, 3.8) is 0 Å². The number of hydrogen-bond acceptors (Lipinski definition) is 3. The number of nitrogens with zero attached hydrogens (tertiary/aromatic N) is 2. The summed E-state index contributed by atoms with van der Waals surface area (Å²) in [5.41, 5.74) is 2.54. The number of carbonyl (C=O) groups is 1. The highest BCUT2D eigenvalue weighted by atomic mass is 16.2. The Hall–Kier alpha value is -2.17. The maximum Gasteiger partial charge on any atom is 0.234 e. The molecule has 26 heavy (non-hydrogen) atoms. The molecule has 1 heterocycles. The maximum absolute atomic E-state index is 12.3. The highest BCUT2D eigenvalue weighted by Gasteiger charge is 2.19. The third kappa shape index (κ3) is 5.68. The zero-order valence-corrected chi connectivity index (χ0v) is 15.6. The number of nitrogens with one attached hydrogen (secondary N) is 1. The van der Waals surface area contributed by atoms with E-state index in [4.69, 9.17) is 0 Å². The summed E-state index contributed by atoms with van der Waals surface area (Å²) >= 11 is 0. The van der Waals surface area contributed by atoms with Crippen molar-refractivity contribution in [3.05, 3.63) is 71.8 Å².